The van der Waals surface area contributed by atoms with Gasteiger partial charge in [-0.2, -0.15) is 0 Å². The Balaban J connectivity index is 0.00000162. The molecule has 4 nitrogen and oxygen atoms in total. The maximum atomic E-state index is 5.59. The summed E-state index contributed by atoms with van der Waals surface area (Å²) in [6, 6.07) is 0. The molecule has 2 rings (SSSR count). The van der Waals surface area contributed by atoms with Gasteiger partial charge in [-0.15, -0.1) is 12.4 Å². The van der Waals surface area contributed by atoms with Gasteiger partial charge in [-0.05, 0) is 44.7 Å². The lowest BCUT2D eigenvalue weighted by Crippen LogP contribution is -2.29. The minimum absolute atomic E-state index is 0. The monoisotopic (exact) mass is 271 g/mol. The van der Waals surface area contributed by atoms with Crippen molar-refractivity contribution < 1.29 is 4.74 Å². The van der Waals surface area contributed by atoms with E-state index < -0.39 is 0 Å². The lowest BCUT2D eigenvalue weighted by Gasteiger charge is -2.22. The molecule has 1 atom stereocenters. The van der Waals surface area contributed by atoms with Crippen LogP contribution >= 0.6 is 12.4 Å². The first-order valence-corrected chi connectivity index (χ1v) is 6.48. The van der Waals surface area contributed by atoms with Crippen LogP contribution in [0.15, 0.2) is 18.6 Å². The Morgan fingerprint density at radius 1 is 1.39 bits per heavy atom. The van der Waals surface area contributed by atoms with Gasteiger partial charge in [-0.25, -0.2) is 0 Å². The first-order chi connectivity index (χ1) is 8.45. The van der Waals surface area contributed by atoms with E-state index in [0.29, 0.717) is 6.61 Å². The van der Waals surface area contributed by atoms with Crippen molar-refractivity contribution in [3.05, 3.63) is 24.3 Å². The van der Waals surface area contributed by atoms with Gasteiger partial charge in [0.05, 0.1) is 18.5 Å². The Morgan fingerprint density at radius 3 is 3.06 bits per heavy atom. The topological polar surface area (TPSA) is 47.0 Å². The van der Waals surface area contributed by atoms with E-state index in [0.717, 1.165) is 24.6 Å². The first-order valence-electron chi connectivity index (χ1n) is 6.48. The molecule has 0 saturated carbocycles. The zero-order chi connectivity index (χ0) is 11.8. The Labute approximate surface area is 115 Å². The van der Waals surface area contributed by atoms with Gasteiger partial charge in [0.1, 0.15) is 0 Å². The standard InChI is InChI=1S/C13H21N3O.ClH/c1-3-12(9-14-5-1)4-2-8-17-11-13-10-15-6-7-16-13;/h6-7,10,12,14H,1-5,8-9,11H2;1H. The number of hydrogen-bond acceptors (Lipinski definition) is 4. The highest BCUT2D eigenvalue weighted by molar-refractivity contribution is 5.85. The van der Waals surface area contributed by atoms with Gasteiger partial charge in [0.25, 0.3) is 0 Å². The fraction of sp³-hybridized carbons (Fsp3) is 0.692. The SMILES string of the molecule is Cl.c1cnc(COCCCC2CCCNC2)cn1. The van der Waals surface area contributed by atoms with E-state index in [1.165, 1.54) is 32.4 Å². The third kappa shape index (κ3) is 5.76. The average Bonchev–Trinajstić information content (AvgIpc) is 2.41. The molecule has 0 bridgehead atoms. The van der Waals surface area contributed by atoms with Gasteiger partial charge in [0.2, 0.25) is 0 Å². The normalized spacial score (nSPS) is 19.2. The smallest absolute Gasteiger partial charge is 0.0903 e. The van der Waals surface area contributed by atoms with E-state index in [1.807, 2.05) is 0 Å². The van der Waals surface area contributed by atoms with E-state index >= 15 is 0 Å². The summed E-state index contributed by atoms with van der Waals surface area (Å²) in [5.74, 6) is 0.851. The lowest BCUT2D eigenvalue weighted by atomic mass is 9.95. The molecule has 5 heteroatoms. The quantitative estimate of drug-likeness (QED) is 0.806. The van der Waals surface area contributed by atoms with Crippen molar-refractivity contribution >= 4 is 12.4 Å². The molecule has 2 heterocycles. The van der Waals surface area contributed by atoms with Crippen LogP contribution < -0.4 is 5.32 Å². The zero-order valence-electron chi connectivity index (χ0n) is 10.7. The molecule has 0 spiro atoms. The molecule has 1 N–H and O–H groups in total. The summed E-state index contributed by atoms with van der Waals surface area (Å²) in [4.78, 5) is 8.17. The molecule has 1 aliphatic rings. The number of piperidine rings is 1. The van der Waals surface area contributed by atoms with Crippen molar-refractivity contribution in [2.24, 2.45) is 5.92 Å². The van der Waals surface area contributed by atoms with E-state index in [-0.39, 0.29) is 12.4 Å². The molecule has 1 aliphatic heterocycles. The summed E-state index contributed by atoms with van der Waals surface area (Å²) in [6.07, 6.45) is 10.2. The number of nitrogens with zero attached hydrogens (tertiary/aromatic N) is 2. The minimum Gasteiger partial charge on any atom is -0.375 e. The number of halogens is 1. The van der Waals surface area contributed by atoms with Crippen LogP contribution in [0.4, 0.5) is 0 Å². The molecule has 102 valence electrons. The third-order valence-corrected chi connectivity index (χ3v) is 3.17. The second-order valence-electron chi connectivity index (χ2n) is 4.60. The molecule has 1 aromatic heterocycles. The molecule has 18 heavy (non-hydrogen) atoms. The summed E-state index contributed by atoms with van der Waals surface area (Å²) >= 11 is 0. The highest BCUT2D eigenvalue weighted by atomic mass is 35.5. The van der Waals surface area contributed by atoms with Crippen LogP contribution in [0.1, 0.15) is 31.4 Å². The molecule has 0 radical (unpaired) electrons. The summed E-state index contributed by atoms with van der Waals surface area (Å²) in [5, 5.41) is 3.44. The molecule has 1 saturated heterocycles. The van der Waals surface area contributed by atoms with Gasteiger partial charge in [-0.3, -0.25) is 9.97 Å². The van der Waals surface area contributed by atoms with Crippen LogP contribution in [-0.2, 0) is 11.3 Å². The number of nitrogens with one attached hydrogen (secondary N) is 1. The van der Waals surface area contributed by atoms with Crippen molar-refractivity contribution in [1.29, 1.82) is 0 Å². The Morgan fingerprint density at radius 2 is 2.33 bits per heavy atom. The van der Waals surface area contributed by atoms with Crippen LogP contribution in [-0.4, -0.2) is 29.7 Å². The highest BCUT2D eigenvalue weighted by Crippen LogP contribution is 2.15. The molecule has 0 amide bonds. The van der Waals surface area contributed by atoms with Gasteiger partial charge in [0, 0.05) is 19.0 Å². The molecule has 1 unspecified atom stereocenters. The zero-order valence-corrected chi connectivity index (χ0v) is 11.5. The molecular formula is C13H22ClN3O. The molecule has 0 aromatic carbocycles. The lowest BCUT2D eigenvalue weighted by molar-refractivity contribution is 0.110. The highest BCUT2D eigenvalue weighted by Gasteiger charge is 2.11. The molecule has 1 fully saturated rings. The Bertz CT molecular complexity index is 304. The van der Waals surface area contributed by atoms with Crippen LogP contribution in [0.2, 0.25) is 0 Å². The summed E-state index contributed by atoms with van der Waals surface area (Å²) in [6.45, 7) is 3.79. The number of aromatic nitrogens is 2. The summed E-state index contributed by atoms with van der Waals surface area (Å²) in [5.41, 5.74) is 0.909. The predicted octanol–water partition coefficient (Wildman–Crippen LogP) is 2.19. The second-order valence-corrected chi connectivity index (χ2v) is 4.60. The molecule has 1 aromatic rings. The Kier molecular flexibility index (Phi) is 7.89. The average molecular weight is 272 g/mol. The van der Waals surface area contributed by atoms with E-state index in [1.54, 1.807) is 18.6 Å². The van der Waals surface area contributed by atoms with Crippen LogP contribution in [0.25, 0.3) is 0 Å². The Hall–Kier alpha value is -0.710. The van der Waals surface area contributed by atoms with Crippen molar-refractivity contribution in [1.82, 2.24) is 15.3 Å². The summed E-state index contributed by atoms with van der Waals surface area (Å²) < 4.78 is 5.59. The van der Waals surface area contributed by atoms with E-state index in [9.17, 15) is 0 Å². The first kappa shape index (κ1) is 15.3. The van der Waals surface area contributed by atoms with Crippen molar-refractivity contribution in [3.63, 3.8) is 0 Å². The van der Waals surface area contributed by atoms with E-state index in [4.69, 9.17) is 4.74 Å². The number of rotatable bonds is 6. The predicted molar refractivity (Wildman–Crippen MR) is 73.8 cm³/mol. The number of ether oxygens (including phenoxy) is 1. The second kappa shape index (κ2) is 9.25. The van der Waals surface area contributed by atoms with E-state index in [2.05, 4.69) is 15.3 Å². The van der Waals surface area contributed by atoms with Crippen LogP contribution in [0.5, 0.6) is 0 Å². The summed E-state index contributed by atoms with van der Waals surface area (Å²) in [7, 11) is 0. The number of hydrogen-bond donors (Lipinski definition) is 1. The van der Waals surface area contributed by atoms with Crippen molar-refractivity contribution in [2.45, 2.75) is 32.3 Å². The largest absolute Gasteiger partial charge is 0.375 e. The van der Waals surface area contributed by atoms with Crippen LogP contribution in [0, 0.1) is 5.92 Å². The fourth-order valence-corrected chi connectivity index (χ4v) is 2.23. The fourth-order valence-electron chi connectivity index (χ4n) is 2.23. The van der Waals surface area contributed by atoms with Gasteiger partial charge in [0.15, 0.2) is 0 Å². The molecule has 0 aliphatic carbocycles. The molecular weight excluding hydrogens is 250 g/mol. The minimum atomic E-state index is 0. The van der Waals surface area contributed by atoms with Crippen LogP contribution in [0.3, 0.4) is 0 Å². The third-order valence-electron chi connectivity index (χ3n) is 3.17. The maximum Gasteiger partial charge on any atom is 0.0903 e. The van der Waals surface area contributed by atoms with Crippen molar-refractivity contribution in [2.75, 3.05) is 19.7 Å². The van der Waals surface area contributed by atoms with Gasteiger partial charge < -0.3 is 10.1 Å². The van der Waals surface area contributed by atoms with Gasteiger partial charge in [-0.1, -0.05) is 0 Å². The van der Waals surface area contributed by atoms with Gasteiger partial charge >= 0.3 is 0 Å². The maximum absolute atomic E-state index is 5.59. The van der Waals surface area contributed by atoms with Crippen molar-refractivity contribution in [3.8, 4) is 0 Å².